The van der Waals surface area contributed by atoms with Gasteiger partial charge in [0.2, 0.25) is 0 Å². The molecule has 0 aromatic heterocycles. The lowest BCUT2D eigenvalue weighted by atomic mass is 9.88. The van der Waals surface area contributed by atoms with Gasteiger partial charge in [0, 0.05) is 5.41 Å². The zero-order chi connectivity index (χ0) is 13.5. The molecule has 0 aromatic rings. The van der Waals surface area contributed by atoms with Gasteiger partial charge in [-0.15, -0.1) is 0 Å². The molecule has 0 amide bonds. The lowest BCUT2D eigenvalue weighted by molar-refractivity contribution is -0.0357. The maximum atomic E-state index is 10.6. The van der Waals surface area contributed by atoms with Gasteiger partial charge in [0.05, 0.1) is 32.2 Å². The van der Waals surface area contributed by atoms with Crippen LogP contribution in [0.5, 0.6) is 0 Å². The summed E-state index contributed by atoms with van der Waals surface area (Å²) in [5, 5.41) is 18.3. The second-order valence-electron chi connectivity index (χ2n) is 4.54. The monoisotopic (exact) mass is 270 g/mol. The van der Waals surface area contributed by atoms with Crippen LogP contribution in [0.2, 0.25) is 0 Å². The van der Waals surface area contributed by atoms with Crippen molar-refractivity contribution in [2.45, 2.75) is 20.3 Å². The molecule has 0 aromatic carbocycles. The molecule has 0 aliphatic rings. The quantitative estimate of drug-likeness (QED) is 0.506. The normalized spacial score (nSPS) is 14.9. The van der Waals surface area contributed by atoms with Gasteiger partial charge in [-0.1, -0.05) is 13.8 Å². The fourth-order valence-corrected chi connectivity index (χ4v) is 2.17. The average molecular weight is 270 g/mol. The maximum Gasteiger partial charge on any atom is 0.265 e. The molecule has 1 atom stereocenters. The molecule has 0 rings (SSSR count). The lowest BCUT2D eigenvalue weighted by Gasteiger charge is -2.28. The van der Waals surface area contributed by atoms with E-state index in [4.69, 9.17) is 19.5 Å². The zero-order valence-electron chi connectivity index (χ0n) is 10.3. The molecule has 3 N–H and O–H groups in total. The Hall–Kier alpha value is -0.210. The number of hydrogen-bond acceptors (Lipinski definition) is 5. The molecule has 104 valence electrons. The maximum absolute atomic E-state index is 10.6. The van der Waals surface area contributed by atoms with Crippen molar-refractivity contribution in [2.24, 2.45) is 11.3 Å². The van der Waals surface area contributed by atoms with Gasteiger partial charge in [-0.2, -0.15) is 8.42 Å². The smallest absolute Gasteiger partial charge is 0.265 e. The Morgan fingerprint density at radius 2 is 1.82 bits per heavy atom. The molecule has 17 heavy (non-hydrogen) atoms. The van der Waals surface area contributed by atoms with Crippen LogP contribution in [0.4, 0.5) is 0 Å². The Kier molecular flexibility index (Phi) is 7.18. The van der Waals surface area contributed by atoms with Gasteiger partial charge in [-0.05, 0) is 12.3 Å². The van der Waals surface area contributed by atoms with Gasteiger partial charge in [0.25, 0.3) is 10.1 Å². The van der Waals surface area contributed by atoms with Crippen molar-refractivity contribution in [1.82, 2.24) is 0 Å². The second-order valence-corrected chi connectivity index (χ2v) is 6.04. The molecule has 0 spiro atoms. The van der Waals surface area contributed by atoms with Crippen LogP contribution in [0.15, 0.2) is 0 Å². The van der Waals surface area contributed by atoms with E-state index in [9.17, 15) is 8.42 Å². The Balaban J connectivity index is 4.05. The average Bonchev–Trinajstić information content (AvgIpc) is 2.22. The summed E-state index contributed by atoms with van der Waals surface area (Å²) in [6.07, 6.45) is 0.562. The van der Waals surface area contributed by atoms with Gasteiger partial charge < -0.3 is 14.9 Å². The highest BCUT2D eigenvalue weighted by Gasteiger charge is 2.27. The van der Waals surface area contributed by atoms with E-state index < -0.39 is 15.5 Å². The molecule has 0 radical (unpaired) electrons. The van der Waals surface area contributed by atoms with Crippen LogP contribution in [-0.2, 0) is 14.9 Å². The first kappa shape index (κ1) is 16.8. The Morgan fingerprint density at radius 1 is 1.29 bits per heavy atom. The Morgan fingerprint density at radius 3 is 2.18 bits per heavy atom. The van der Waals surface area contributed by atoms with Crippen LogP contribution in [0, 0.1) is 11.3 Å². The van der Waals surface area contributed by atoms with Gasteiger partial charge >= 0.3 is 0 Å². The third kappa shape index (κ3) is 6.95. The molecule has 6 nitrogen and oxygen atoms in total. The van der Waals surface area contributed by atoms with E-state index in [0.717, 1.165) is 0 Å². The molecule has 0 aliphatic carbocycles. The van der Waals surface area contributed by atoms with Crippen LogP contribution in [-0.4, -0.2) is 55.4 Å². The molecule has 0 aliphatic heterocycles. The van der Waals surface area contributed by atoms with Gasteiger partial charge in [-0.3, -0.25) is 4.55 Å². The highest BCUT2D eigenvalue weighted by atomic mass is 32.2. The lowest BCUT2D eigenvalue weighted by Crippen LogP contribution is -2.35. The molecule has 0 saturated heterocycles. The highest BCUT2D eigenvalue weighted by molar-refractivity contribution is 7.85. The van der Waals surface area contributed by atoms with Crippen molar-refractivity contribution < 1.29 is 27.9 Å². The summed E-state index contributed by atoms with van der Waals surface area (Å²) in [6.45, 7) is 3.41. The molecule has 0 fully saturated rings. The van der Waals surface area contributed by atoms with Crippen LogP contribution < -0.4 is 0 Å². The van der Waals surface area contributed by atoms with Crippen LogP contribution >= 0.6 is 0 Å². The molecule has 0 saturated carbocycles. The van der Waals surface area contributed by atoms with Gasteiger partial charge in [-0.25, -0.2) is 0 Å². The minimum absolute atomic E-state index is 0.154. The van der Waals surface area contributed by atoms with E-state index in [1.54, 1.807) is 6.92 Å². The Bertz CT molecular complexity index is 288. The van der Waals surface area contributed by atoms with Crippen molar-refractivity contribution >= 4 is 10.1 Å². The summed E-state index contributed by atoms with van der Waals surface area (Å²) in [7, 11) is -3.98. The zero-order valence-corrected chi connectivity index (χ0v) is 11.1. The van der Waals surface area contributed by atoms with Crippen molar-refractivity contribution in [3.63, 3.8) is 0 Å². The second kappa shape index (κ2) is 7.27. The highest BCUT2D eigenvalue weighted by Crippen LogP contribution is 2.21. The van der Waals surface area contributed by atoms with Crippen LogP contribution in [0.25, 0.3) is 0 Å². The Labute approximate surface area is 102 Å². The first-order valence-electron chi connectivity index (χ1n) is 5.53. The number of aliphatic hydroxyl groups excluding tert-OH is 2. The third-order valence-corrected chi connectivity index (χ3v) is 3.72. The molecule has 7 heteroatoms. The summed E-state index contributed by atoms with van der Waals surface area (Å²) in [6, 6.07) is 0. The van der Waals surface area contributed by atoms with E-state index in [-0.39, 0.29) is 38.1 Å². The summed E-state index contributed by atoms with van der Waals surface area (Å²) in [5.41, 5.74) is -0.683. The van der Waals surface area contributed by atoms with Crippen LogP contribution in [0.3, 0.4) is 0 Å². The predicted molar refractivity (Wildman–Crippen MR) is 63.3 cm³/mol. The van der Waals surface area contributed by atoms with Crippen molar-refractivity contribution in [3.05, 3.63) is 0 Å². The third-order valence-electron chi connectivity index (χ3n) is 2.73. The largest absolute Gasteiger partial charge is 0.396 e. The van der Waals surface area contributed by atoms with Crippen molar-refractivity contribution in [1.29, 1.82) is 0 Å². The minimum Gasteiger partial charge on any atom is -0.396 e. The van der Waals surface area contributed by atoms with Gasteiger partial charge in [0.15, 0.2) is 0 Å². The molecule has 0 bridgehead atoms. The van der Waals surface area contributed by atoms with E-state index in [2.05, 4.69) is 0 Å². The standard InChI is InChI=1S/C10H22O6S/c1-3-10(6-11,7-12)8-16-4-9(2)5-17(13,14)15/h9,11-12H,3-8H2,1-2H3,(H,13,14,15). The molecular weight excluding hydrogens is 248 g/mol. The number of ether oxygens (including phenoxy) is 1. The van der Waals surface area contributed by atoms with E-state index in [1.165, 1.54) is 0 Å². The summed E-state index contributed by atoms with van der Waals surface area (Å²) in [4.78, 5) is 0. The van der Waals surface area contributed by atoms with Crippen LogP contribution in [0.1, 0.15) is 20.3 Å². The first-order chi connectivity index (χ1) is 7.78. The number of rotatable bonds is 9. The van der Waals surface area contributed by atoms with E-state index in [1.807, 2.05) is 6.92 Å². The summed E-state index contributed by atoms with van der Waals surface area (Å²) in [5.74, 6) is -0.693. The van der Waals surface area contributed by atoms with Crippen molar-refractivity contribution in [2.75, 3.05) is 32.2 Å². The predicted octanol–water partition coefficient (Wildman–Crippen LogP) is -0.0921. The molecule has 1 unspecified atom stereocenters. The fraction of sp³-hybridized carbons (Fsp3) is 1.00. The van der Waals surface area contributed by atoms with Gasteiger partial charge in [0.1, 0.15) is 0 Å². The minimum atomic E-state index is -3.98. The SMILES string of the molecule is CCC(CO)(CO)COCC(C)CS(=O)(=O)O. The number of hydrogen-bond donors (Lipinski definition) is 3. The van der Waals surface area contributed by atoms with Crippen molar-refractivity contribution in [3.8, 4) is 0 Å². The summed E-state index contributed by atoms with van der Waals surface area (Å²) >= 11 is 0. The molecule has 0 heterocycles. The van der Waals surface area contributed by atoms with E-state index >= 15 is 0 Å². The van der Waals surface area contributed by atoms with E-state index in [0.29, 0.717) is 6.42 Å². The summed E-state index contributed by atoms with van der Waals surface area (Å²) < 4.78 is 35.1. The topological polar surface area (TPSA) is 104 Å². The fourth-order valence-electron chi connectivity index (χ4n) is 1.35. The molecular formula is C10H22O6S. The number of aliphatic hydroxyl groups is 2. The first-order valence-corrected chi connectivity index (χ1v) is 7.14.